The highest BCUT2D eigenvalue weighted by Gasteiger charge is 2.15. The molecule has 0 bridgehead atoms. The lowest BCUT2D eigenvalue weighted by molar-refractivity contribution is 0.306. The van der Waals surface area contributed by atoms with Crippen LogP contribution < -0.4 is 14.9 Å². The molecule has 170 valence electrons. The molecule has 7 heteroatoms. The van der Waals surface area contributed by atoms with Gasteiger partial charge in [0, 0.05) is 16.7 Å². The fourth-order valence-electron chi connectivity index (χ4n) is 3.26. The SMILES string of the molecule is CC(C)(C)c1ccc(Oc2coc3cc(OCc4c(Cl)ccc(Cl)c4Cl)ccc3c2=O)cc1. The van der Waals surface area contributed by atoms with E-state index in [1.54, 1.807) is 30.3 Å². The van der Waals surface area contributed by atoms with Gasteiger partial charge in [-0.25, -0.2) is 0 Å². The molecule has 4 nitrogen and oxygen atoms in total. The second-order valence-electron chi connectivity index (χ2n) is 8.57. The Morgan fingerprint density at radius 3 is 2.24 bits per heavy atom. The molecule has 1 heterocycles. The molecule has 0 aliphatic heterocycles. The quantitative estimate of drug-likeness (QED) is 0.256. The van der Waals surface area contributed by atoms with Crippen molar-refractivity contribution in [3.63, 3.8) is 0 Å². The molecule has 33 heavy (non-hydrogen) atoms. The van der Waals surface area contributed by atoms with Gasteiger partial charge in [-0.05, 0) is 47.4 Å². The molecule has 4 aromatic rings. The number of halogens is 3. The third-order valence-electron chi connectivity index (χ3n) is 5.18. The van der Waals surface area contributed by atoms with Gasteiger partial charge < -0.3 is 13.9 Å². The van der Waals surface area contributed by atoms with Gasteiger partial charge in [-0.2, -0.15) is 0 Å². The zero-order valence-corrected chi connectivity index (χ0v) is 20.5. The highest BCUT2D eigenvalue weighted by atomic mass is 35.5. The third-order valence-corrected chi connectivity index (χ3v) is 6.38. The predicted molar refractivity (Wildman–Crippen MR) is 134 cm³/mol. The summed E-state index contributed by atoms with van der Waals surface area (Å²) in [5.74, 6) is 1.16. The normalized spacial score (nSPS) is 11.6. The zero-order valence-electron chi connectivity index (χ0n) is 18.2. The highest BCUT2D eigenvalue weighted by Crippen LogP contribution is 2.33. The van der Waals surface area contributed by atoms with E-state index >= 15 is 0 Å². The Labute approximate surface area is 206 Å². The fraction of sp³-hybridized carbons (Fsp3) is 0.192. The number of ether oxygens (including phenoxy) is 2. The van der Waals surface area contributed by atoms with Crippen LogP contribution >= 0.6 is 34.8 Å². The lowest BCUT2D eigenvalue weighted by Gasteiger charge is -2.19. The first-order chi connectivity index (χ1) is 15.6. The van der Waals surface area contributed by atoms with Crippen LogP contribution in [0.1, 0.15) is 31.9 Å². The first-order valence-electron chi connectivity index (χ1n) is 10.2. The third kappa shape index (κ3) is 5.14. The van der Waals surface area contributed by atoms with Crippen molar-refractivity contribution in [2.75, 3.05) is 0 Å². The average molecular weight is 504 g/mol. The monoisotopic (exact) mass is 502 g/mol. The first-order valence-corrected chi connectivity index (χ1v) is 11.4. The Balaban J connectivity index is 1.54. The van der Waals surface area contributed by atoms with Gasteiger partial charge in [-0.15, -0.1) is 0 Å². The summed E-state index contributed by atoms with van der Waals surface area (Å²) in [5.41, 5.74) is 1.88. The molecule has 0 atom stereocenters. The van der Waals surface area contributed by atoms with E-state index in [0.29, 0.717) is 43.1 Å². The lowest BCUT2D eigenvalue weighted by Crippen LogP contribution is -2.10. The smallest absolute Gasteiger partial charge is 0.235 e. The van der Waals surface area contributed by atoms with E-state index in [9.17, 15) is 4.79 Å². The van der Waals surface area contributed by atoms with Crippen LogP contribution in [-0.4, -0.2) is 0 Å². The molecule has 1 aromatic heterocycles. The molecular formula is C26H21Cl3O4. The van der Waals surface area contributed by atoms with Crippen molar-refractivity contribution in [3.8, 4) is 17.2 Å². The Morgan fingerprint density at radius 1 is 0.879 bits per heavy atom. The average Bonchev–Trinajstić information content (AvgIpc) is 2.78. The Bertz CT molecular complexity index is 1370. The van der Waals surface area contributed by atoms with Crippen LogP contribution in [0.3, 0.4) is 0 Å². The summed E-state index contributed by atoms with van der Waals surface area (Å²) in [6.45, 7) is 6.52. The van der Waals surface area contributed by atoms with E-state index in [4.69, 9.17) is 48.7 Å². The zero-order chi connectivity index (χ0) is 23.8. The van der Waals surface area contributed by atoms with Crippen molar-refractivity contribution in [2.24, 2.45) is 0 Å². The van der Waals surface area contributed by atoms with Gasteiger partial charge in [-0.1, -0.05) is 67.7 Å². The molecule has 0 saturated heterocycles. The molecule has 0 aliphatic rings. The maximum atomic E-state index is 12.9. The van der Waals surface area contributed by atoms with Gasteiger partial charge in [0.25, 0.3) is 0 Å². The van der Waals surface area contributed by atoms with Gasteiger partial charge >= 0.3 is 0 Å². The Hall–Kier alpha value is -2.66. The maximum Gasteiger partial charge on any atom is 0.235 e. The minimum atomic E-state index is -0.274. The number of rotatable bonds is 5. The van der Waals surface area contributed by atoms with Crippen LogP contribution in [0.2, 0.25) is 15.1 Å². The molecule has 0 radical (unpaired) electrons. The molecule has 3 aromatic carbocycles. The highest BCUT2D eigenvalue weighted by molar-refractivity contribution is 6.44. The van der Waals surface area contributed by atoms with E-state index < -0.39 is 0 Å². The molecule has 4 rings (SSSR count). The standard InChI is InChI=1S/C26H21Cl3O4/c1-26(2,3)15-4-6-16(7-5-15)33-23-14-32-22-12-17(8-9-18(22)25(23)30)31-13-19-20(27)10-11-21(28)24(19)29/h4-12,14H,13H2,1-3H3. The number of fused-ring (bicyclic) bond motifs is 1. The molecule has 0 saturated carbocycles. The summed E-state index contributed by atoms with van der Waals surface area (Å²) in [6.07, 6.45) is 1.30. The molecule has 0 unspecified atom stereocenters. The van der Waals surface area contributed by atoms with Gasteiger partial charge in [0.1, 0.15) is 30.0 Å². The van der Waals surface area contributed by atoms with Gasteiger partial charge in [0.15, 0.2) is 0 Å². The molecule has 0 amide bonds. The van der Waals surface area contributed by atoms with Crippen molar-refractivity contribution in [1.82, 2.24) is 0 Å². The van der Waals surface area contributed by atoms with Crippen LogP contribution in [0.4, 0.5) is 0 Å². The molecule has 0 N–H and O–H groups in total. The fourth-order valence-corrected chi connectivity index (χ4v) is 3.91. The van der Waals surface area contributed by atoms with E-state index in [0.717, 1.165) is 0 Å². The minimum Gasteiger partial charge on any atom is -0.489 e. The van der Waals surface area contributed by atoms with Gasteiger partial charge in [0.05, 0.1) is 15.4 Å². The molecule has 0 aliphatic carbocycles. The minimum absolute atomic E-state index is 0.0315. The van der Waals surface area contributed by atoms with Crippen LogP contribution in [0, 0.1) is 0 Å². The van der Waals surface area contributed by atoms with Crippen LogP contribution in [-0.2, 0) is 12.0 Å². The van der Waals surface area contributed by atoms with E-state index in [-0.39, 0.29) is 23.2 Å². The van der Waals surface area contributed by atoms with E-state index in [2.05, 4.69) is 20.8 Å². The largest absolute Gasteiger partial charge is 0.489 e. The van der Waals surface area contributed by atoms with Crippen LogP contribution in [0.15, 0.2) is 70.1 Å². The lowest BCUT2D eigenvalue weighted by atomic mass is 9.87. The molecule has 0 spiro atoms. The van der Waals surface area contributed by atoms with Crippen molar-refractivity contribution in [1.29, 1.82) is 0 Å². The first kappa shape index (κ1) is 23.5. The summed E-state index contributed by atoms with van der Waals surface area (Å²) in [4.78, 5) is 12.9. The van der Waals surface area contributed by atoms with Crippen LogP contribution in [0.25, 0.3) is 11.0 Å². The second kappa shape index (κ2) is 9.30. The topological polar surface area (TPSA) is 48.7 Å². The maximum absolute atomic E-state index is 12.9. The van der Waals surface area contributed by atoms with Gasteiger partial charge in [-0.3, -0.25) is 4.79 Å². The number of hydrogen-bond donors (Lipinski definition) is 0. The number of benzene rings is 3. The van der Waals surface area contributed by atoms with E-state index in [1.807, 2.05) is 24.3 Å². The van der Waals surface area contributed by atoms with Gasteiger partial charge in [0.2, 0.25) is 11.2 Å². The summed E-state index contributed by atoms with van der Waals surface area (Å²) >= 11 is 18.5. The van der Waals surface area contributed by atoms with Crippen LogP contribution in [0.5, 0.6) is 17.2 Å². The Kier molecular flexibility index (Phi) is 6.62. The van der Waals surface area contributed by atoms with E-state index in [1.165, 1.54) is 11.8 Å². The summed E-state index contributed by atoms with van der Waals surface area (Å²) in [6, 6.07) is 15.9. The van der Waals surface area contributed by atoms with Crippen molar-refractivity contribution in [3.05, 3.63) is 97.3 Å². The second-order valence-corrected chi connectivity index (χ2v) is 9.77. The summed E-state index contributed by atoms with van der Waals surface area (Å²) < 4.78 is 17.2. The van der Waals surface area contributed by atoms with Crippen molar-refractivity contribution in [2.45, 2.75) is 32.8 Å². The predicted octanol–water partition coefficient (Wildman–Crippen LogP) is 8.42. The number of hydrogen-bond acceptors (Lipinski definition) is 4. The summed E-state index contributed by atoms with van der Waals surface area (Å²) in [5, 5.41) is 1.57. The summed E-state index contributed by atoms with van der Waals surface area (Å²) in [7, 11) is 0. The molecular weight excluding hydrogens is 483 g/mol. The van der Waals surface area contributed by atoms with Crippen molar-refractivity contribution >= 4 is 45.8 Å². The Morgan fingerprint density at radius 2 is 1.55 bits per heavy atom. The van der Waals surface area contributed by atoms with Crippen molar-refractivity contribution < 1.29 is 13.9 Å². The molecule has 0 fully saturated rings.